The van der Waals surface area contributed by atoms with E-state index in [9.17, 15) is 9.59 Å². The van der Waals surface area contributed by atoms with Crippen molar-refractivity contribution in [3.8, 4) is 0 Å². The van der Waals surface area contributed by atoms with Crippen LogP contribution in [0.25, 0.3) is 22.1 Å². The van der Waals surface area contributed by atoms with E-state index in [4.69, 9.17) is 9.97 Å². The number of nitrogens with one attached hydrogen (secondary N) is 1. The molecule has 2 aliphatic rings. The first kappa shape index (κ1) is 36.6. The Morgan fingerprint density at radius 2 is 1.16 bits per heavy atom. The summed E-state index contributed by atoms with van der Waals surface area (Å²) in [5.41, 5.74) is 6.06. The zero-order valence-electron chi connectivity index (χ0n) is 31.7. The van der Waals surface area contributed by atoms with Crippen LogP contribution in [0.2, 0.25) is 0 Å². The molecule has 0 radical (unpaired) electrons. The van der Waals surface area contributed by atoms with Crippen molar-refractivity contribution in [1.82, 2.24) is 19.1 Å². The van der Waals surface area contributed by atoms with Gasteiger partial charge in [-0.2, -0.15) is 0 Å². The Balaban J connectivity index is 0.000000191. The Hall–Kier alpha value is -3.68. The van der Waals surface area contributed by atoms with Crippen LogP contribution in [0.4, 0.5) is 11.4 Å². The standard InChI is InChI=1S/C21H31N3O.C20H29N3O/c1-15(25)23(5)17-11-12-19-18(13-17)22-20(21(2,3)4)24(19)14-16-9-7-6-8-10-16;1-14(24)21-16-10-11-18-17(12-16)22-19(20(2,3)4)23(18)13-15-8-6-5-7-9-15/h11-13,16H,6-10,14H2,1-5H3;10-12,15H,5-9,13H2,1-4H3,(H,21,24). The van der Waals surface area contributed by atoms with E-state index < -0.39 is 0 Å². The Morgan fingerprint density at radius 1 is 0.714 bits per heavy atom. The Labute approximate surface area is 294 Å². The number of fused-ring (bicyclic) bond motifs is 2. The molecular formula is C41H60N6O2. The molecule has 2 aromatic carbocycles. The number of carbonyl (C=O) groups is 2. The molecule has 2 aromatic heterocycles. The molecule has 8 nitrogen and oxygen atoms in total. The molecule has 2 aliphatic carbocycles. The molecule has 4 aromatic rings. The minimum absolute atomic E-state index is 0.000325. The lowest BCUT2D eigenvalue weighted by molar-refractivity contribution is -0.116. The number of nitrogens with zero attached hydrogens (tertiary/aromatic N) is 5. The van der Waals surface area contributed by atoms with E-state index in [0.717, 1.165) is 59.0 Å². The lowest BCUT2D eigenvalue weighted by Gasteiger charge is -2.26. The fourth-order valence-corrected chi connectivity index (χ4v) is 7.69. The molecule has 2 fully saturated rings. The highest BCUT2D eigenvalue weighted by Crippen LogP contribution is 2.34. The van der Waals surface area contributed by atoms with Crippen molar-refractivity contribution in [2.45, 2.75) is 144 Å². The molecule has 1 N–H and O–H groups in total. The third-order valence-corrected chi connectivity index (χ3v) is 10.3. The van der Waals surface area contributed by atoms with Gasteiger partial charge in [0.05, 0.1) is 22.1 Å². The number of anilines is 2. The van der Waals surface area contributed by atoms with E-state index in [1.807, 2.05) is 31.3 Å². The number of hydrogen-bond donors (Lipinski definition) is 1. The Kier molecular flexibility index (Phi) is 11.2. The maximum Gasteiger partial charge on any atom is 0.223 e. The fraction of sp³-hybridized carbons (Fsp3) is 0.610. The molecule has 8 heteroatoms. The molecule has 0 spiro atoms. The van der Waals surface area contributed by atoms with E-state index in [1.54, 1.807) is 11.8 Å². The van der Waals surface area contributed by atoms with Crippen molar-refractivity contribution in [2.24, 2.45) is 11.8 Å². The van der Waals surface area contributed by atoms with Crippen molar-refractivity contribution in [3.05, 3.63) is 48.0 Å². The van der Waals surface area contributed by atoms with Crippen LogP contribution in [0.5, 0.6) is 0 Å². The number of hydrogen-bond acceptors (Lipinski definition) is 4. The summed E-state index contributed by atoms with van der Waals surface area (Å²) in [6, 6.07) is 12.3. The van der Waals surface area contributed by atoms with Crippen LogP contribution in [0.3, 0.4) is 0 Å². The van der Waals surface area contributed by atoms with Crippen molar-refractivity contribution in [3.63, 3.8) is 0 Å². The molecule has 6 rings (SSSR count). The molecule has 0 aliphatic heterocycles. The summed E-state index contributed by atoms with van der Waals surface area (Å²) >= 11 is 0. The molecule has 266 valence electrons. The number of benzene rings is 2. The highest BCUT2D eigenvalue weighted by Gasteiger charge is 2.27. The van der Waals surface area contributed by atoms with Crippen molar-refractivity contribution >= 4 is 45.3 Å². The highest BCUT2D eigenvalue weighted by atomic mass is 16.2. The van der Waals surface area contributed by atoms with Crippen LogP contribution >= 0.6 is 0 Å². The zero-order valence-corrected chi connectivity index (χ0v) is 31.7. The Morgan fingerprint density at radius 3 is 1.59 bits per heavy atom. The number of carbonyl (C=O) groups excluding carboxylic acids is 2. The first-order chi connectivity index (χ1) is 23.1. The average Bonchev–Trinajstić information content (AvgIpc) is 3.59. The summed E-state index contributed by atoms with van der Waals surface area (Å²) in [4.78, 5) is 34.6. The lowest BCUT2D eigenvalue weighted by Crippen LogP contribution is -2.23. The normalized spacial score (nSPS) is 16.4. The van der Waals surface area contributed by atoms with Gasteiger partial charge in [-0.1, -0.05) is 80.1 Å². The minimum Gasteiger partial charge on any atom is -0.327 e. The summed E-state index contributed by atoms with van der Waals surface area (Å²) in [6.45, 7) is 18.6. The molecule has 0 saturated heterocycles. The summed E-state index contributed by atoms with van der Waals surface area (Å²) in [7, 11) is 1.81. The largest absolute Gasteiger partial charge is 0.327 e. The first-order valence-electron chi connectivity index (χ1n) is 18.6. The van der Waals surface area contributed by atoms with Gasteiger partial charge in [-0.15, -0.1) is 0 Å². The summed E-state index contributed by atoms with van der Waals surface area (Å²) in [5, 5.41) is 2.86. The number of aromatic nitrogens is 4. The van der Waals surface area contributed by atoms with E-state index in [0.29, 0.717) is 0 Å². The van der Waals surface area contributed by atoms with Crippen molar-refractivity contribution in [1.29, 1.82) is 0 Å². The van der Waals surface area contributed by atoms with E-state index in [1.165, 1.54) is 82.2 Å². The SMILES string of the molecule is CC(=O)N(C)c1ccc2c(c1)nc(C(C)(C)C)n2CC1CCCCC1.CC(=O)Nc1ccc2c(c1)nc(C(C)(C)C)n2CC1CCCCC1. The predicted molar refractivity (Wildman–Crippen MR) is 203 cm³/mol. The minimum atomic E-state index is -0.0490. The summed E-state index contributed by atoms with van der Waals surface area (Å²) < 4.78 is 4.85. The van der Waals surface area contributed by atoms with E-state index in [-0.39, 0.29) is 22.6 Å². The molecule has 0 atom stereocenters. The van der Waals surface area contributed by atoms with Crippen molar-refractivity contribution < 1.29 is 9.59 Å². The van der Waals surface area contributed by atoms with Crippen molar-refractivity contribution in [2.75, 3.05) is 17.3 Å². The molecule has 0 unspecified atom stereocenters. The Bertz CT molecular complexity index is 1760. The molecule has 0 bridgehead atoms. The molecule has 49 heavy (non-hydrogen) atoms. The van der Waals surface area contributed by atoms with Gasteiger partial charge >= 0.3 is 0 Å². The molecule has 2 heterocycles. The van der Waals surface area contributed by atoms with Gasteiger partial charge in [-0.05, 0) is 73.9 Å². The quantitative estimate of drug-likeness (QED) is 0.222. The number of amides is 2. The molecular weight excluding hydrogens is 608 g/mol. The fourth-order valence-electron chi connectivity index (χ4n) is 7.69. The summed E-state index contributed by atoms with van der Waals surface area (Å²) in [6.07, 6.45) is 13.5. The smallest absolute Gasteiger partial charge is 0.223 e. The van der Waals surface area contributed by atoms with Gasteiger partial charge in [0.15, 0.2) is 0 Å². The summed E-state index contributed by atoms with van der Waals surface area (Å²) in [5.74, 6) is 3.79. The van der Waals surface area contributed by atoms with Crippen LogP contribution in [0, 0.1) is 11.8 Å². The van der Waals surface area contributed by atoms with Gasteiger partial charge in [-0.3, -0.25) is 9.59 Å². The number of rotatable bonds is 6. The van der Waals surface area contributed by atoms with Gasteiger partial charge in [0, 0.05) is 56.2 Å². The van der Waals surface area contributed by atoms with Crippen LogP contribution < -0.4 is 10.2 Å². The van der Waals surface area contributed by atoms with Gasteiger partial charge in [0.1, 0.15) is 11.6 Å². The van der Waals surface area contributed by atoms with Gasteiger partial charge in [0.25, 0.3) is 0 Å². The second-order valence-electron chi connectivity index (χ2n) is 16.7. The average molecular weight is 669 g/mol. The zero-order chi connectivity index (χ0) is 35.5. The third kappa shape index (κ3) is 8.92. The van der Waals surface area contributed by atoms with Crippen LogP contribution in [-0.4, -0.2) is 38.0 Å². The van der Waals surface area contributed by atoms with Gasteiger partial charge in [-0.25, -0.2) is 9.97 Å². The second kappa shape index (κ2) is 15.1. The second-order valence-corrected chi connectivity index (χ2v) is 16.7. The number of imidazole rings is 2. The molecule has 2 amide bonds. The predicted octanol–water partition coefficient (Wildman–Crippen LogP) is 9.77. The maximum absolute atomic E-state index is 11.7. The molecule has 2 saturated carbocycles. The van der Waals surface area contributed by atoms with Crippen LogP contribution in [0.15, 0.2) is 36.4 Å². The third-order valence-electron chi connectivity index (χ3n) is 10.3. The highest BCUT2D eigenvalue weighted by molar-refractivity contribution is 5.93. The first-order valence-corrected chi connectivity index (χ1v) is 18.6. The maximum atomic E-state index is 11.7. The monoisotopic (exact) mass is 668 g/mol. The van der Waals surface area contributed by atoms with Crippen LogP contribution in [-0.2, 0) is 33.5 Å². The van der Waals surface area contributed by atoms with Gasteiger partial charge < -0.3 is 19.4 Å². The lowest BCUT2D eigenvalue weighted by atomic mass is 9.88. The van der Waals surface area contributed by atoms with Crippen LogP contribution in [0.1, 0.15) is 131 Å². The topological polar surface area (TPSA) is 85.1 Å². The van der Waals surface area contributed by atoms with E-state index >= 15 is 0 Å². The van der Waals surface area contributed by atoms with E-state index in [2.05, 4.69) is 68.1 Å². The van der Waals surface area contributed by atoms with Gasteiger partial charge in [0.2, 0.25) is 11.8 Å².